The van der Waals surface area contributed by atoms with E-state index in [4.69, 9.17) is 4.74 Å². The van der Waals surface area contributed by atoms with Crippen LogP contribution in [-0.4, -0.2) is 13.2 Å². The zero-order valence-corrected chi connectivity index (χ0v) is 13.2. The topological polar surface area (TPSA) is 21.3 Å². The van der Waals surface area contributed by atoms with Crippen molar-refractivity contribution in [3.05, 3.63) is 44.7 Å². The number of rotatable bonds is 5. The Bertz CT molecular complexity index is 442. The van der Waals surface area contributed by atoms with Crippen LogP contribution in [0.15, 0.2) is 30.0 Å². The average Bonchev–Trinajstić information content (AvgIpc) is 2.88. The normalized spacial score (nSPS) is 16.3. The molecule has 0 fully saturated rings. The van der Waals surface area contributed by atoms with Crippen LogP contribution in [0.2, 0.25) is 0 Å². The molecule has 1 N–H and O–H groups in total. The molecule has 1 atom stereocenters. The summed E-state index contributed by atoms with van der Waals surface area (Å²) in [7, 11) is 0. The van der Waals surface area contributed by atoms with Crippen LogP contribution in [0.5, 0.6) is 0 Å². The van der Waals surface area contributed by atoms with Crippen molar-refractivity contribution in [3.8, 4) is 0 Å². The molecular formula is C15H20INO. The van der Waals surface area contributed by atoms with Gasteiger partial charge in [-0.2, -0.15) is 0 Å². The van der Waals surface area contributed by atoms with Crippen molar-refractivity contribution in [1.82, 2.24) is 5.32 Å². The molecule has 1 aliphatic heterocycles. The van der Waals surface area contributed by atoms with Gasteiger partial charge in [0.15, 0.2) is 0 Å². The fraction of sp³-hybridized carbons (Fsp3) is 0.467. The summed E-state index contributed by atoms with van der Waals surface area (Å²) in [6.45, 7) is 6.18. The third kappa shape index (κ3) is 3.06. The zero-order chi connectivity index (χ0) is 13.0. The molecule has 0 saturated heterocycles. The maximum absolute atomic E-state index is 5.76. The van der Waals surface area contributed by atoms with Crippen LogP contribution in [0.25, 0.3) is 0 Å². The Morgan fingerprint density at radius 2 is 2.28 bits per heavy atom. The number of ether oxygens (including phenoxy) is 1. The molecule has 1 aliphatic rings. The molecule has 0 bridgehead atoms. The predicted molar refractivity (Wildman–Crippen MR) is 83.6 cm³/mol. The summed E-state index contributed by atoms with van der Waals surface area (Å²) in [5.74, 6) is 1.09. The van der Waals surface area contributed by atoms with Gasteiger partial charge >= 0.3 is 0 Å². The molecule has 18 heavy (non-hydrogen) atoms. The summed E-state index contributed by atoms with van der Waals surface area (Å²) < 4.78 is 7.09. The van der Waals surface area contributed by atoms with Gasteiger partial charge in [-0.25, -0.2) is 0 Å². The summed E-state index contributed by atoms with van der Waals surface area (Å²) in [4.78, 5) is 0. The minimum Gasteiger partial charge on any atom is -0.496 e. The highest BCUT2D eigenvalue weighted by molar-refractivity contribution is 14.1. The zero-order valence-electron chi connectivity index (χ0n) is 11.0. The smallest absolute Gasteiger partial charge is 0.114 e. The molecule has 0 aromatic heterocycles. The van der Waals surface area contributed by atoms with Crippen molar-refractivity contribution in [3.63, 3.8) is 0 Å². The van der Waals surface area contributed by atoms with Crippen LogP contribution < -0.4 is 5.32 Å². The SMILES string of the molecule is CCCNC(C1=CCCO1)c1cccc(C)c1I. The highest BCUT2D eigenvalue weighted by Gasteiger charge is 2.22. The van der Waals surface area contributed by atoms with E-state index in [2.05, 4.69) is 66.0 Å². The molecule has 98 valence electrons. The van der Waals surface area contributed by atoms with Crippen molar-refractivity contribution in [2.45, 2.75) is 32.7 Å². The summed E-state index contributed by atoms with van der Waals surface area (Å²) in [6.07, 6.45) is 4.37. The van der Waals surface area contributed by atoms with Crippen molar-refractivity contribution in [2.24, 2.45) is 0 Å². The van der Waals surface area contributed by atoms with Gasteiger partial charge in [-0.05, 0) is 59.7 Å². The lowest BCUT2D eigenvalue weighted by Gasteiger charge is -2.22. The lowest BCUT2D eigenvalue weighted by molar-refractivity contribution is 0.215. The quantitative estimate of drug-likeness (QED) is 0.806. The maximum Gasteiger partial charge on any atom is 0.114 e. The van der Waals surface area contributed by atoms with E-state index >= 15 is 0 Å². The van der Waals surface area contributed by atoms with Crippen molar-refractivity contribution in [2.75, 3.05) is 13.2 Å². The first-order chi connectivity index (χ1) is 8.74. The lowest BCUT2D eigenvalue weighted by Crippen LogP contribution is -2.25. The highest BCUT2D eigenvalue weighted by Crippen LogP contribution is 2.30. The van der Waals surface area contributed by atoms with E-state index < -0.39 is 0 Å². The Morgan fingerprint density at radius 1 is 1.44 bits per heavy atom. The van der Waals surface area contributed by atoms with Crippen LogP contribution in [0.1, 0.15) is 36.9 Å². The molecule has 0 saturated carbocycles. The van der Waals surface area contributed by atoms with Crippen molar-refractivity contribution < 1.29 is 4.74 Å². The standard InChI is InChI=1S/C15H20INO/c1-3-9-17-15(13-8-5-10-18-13)12-7-4-6-11(2)14(12)16/h4,6-8,15,17H,3,5,9-10H2,1-2H3. The average molecular weight is 357 g/mol. The van der Waals surface area contributed by atoms with Gasteiger partial charge in [0.1, 0.15) is 5.76 Å². The van der Waals surface area contributed by atoms with Crippen LogP contribution in [0.3, 0.4) is 0 Å². The summed E-state index contributed by atoms with van der Waals surface area (Å²) in [5, 5.41) is 3.60. The highest BCUT2D eigenvalue weighted by atomic mass is 127. The predicted octanol–water partition coefficient (Wildman–Crippen LogP) is 3.94. The van der Waals surface area contributed by atoms with Gasteiger partial charge in [-0.15, -0.1) is 0 Å². The van der Waals surface area contributed by atoms with E-state index in [0.29, 0.717) is 0 Å². The number of halogens is 1. The summed E-state index contributed by atoms with van der Waals surface area (Å²) in [6, 6.07) is 6.69. The molecule has 1 heterocycles. The Morgan fingerprint density at radius 3 is 2.94 bits per heavy atom. The van der Waals surface area contributed by atoms with Crippen LogP contribution in [-0.2, 0) is 4.74 Å². The second kappa shape index (κ2) is 6.57. The molecule has 0 amide bonds. The van der Waals surface area contributed by atoms with Crippen LogP contribution in [0.4, 0.5) is 0 Å². The molecule has 3 heteroatoms. The summed E-state index contributed by atoms with van der Waals surface area (Å²) >= 11 is 2.44. The van der Waals surface area contributed by atoms with Gasteiger partial charge < -0.3 is 10.1 Å². The number of hydrogen-bond acceptors (Lipinski definition) is 2. The minimum atomic E-state index is 0.208. The van der Waals surface area contributed by atoms with Gasteiger partial charge in [0.05, 0.1) is 12.6 Å². The Labute approximate surface area is 123 Å². The Kier molecular flexibility index (Phi) is 5.06. The van der Waals surface area contributed by atoms with E-state index in [1.165, 1.54) is 14.7 Å². The molecule has 1 unspecified atom stereocenters. The van der Waals surface area contributed by atoms with Gasteiger partial charge in [0, 0.05) is 9.99 Å². The van der Waals surface area contributed by atoms with Gasteiger partial charge in [0.25, 0.3) is 0 Å². The van der Waals surface area contributed by atoms with E-state index in [1.54, 1.807) is 0 Å². The van der Waals surface area contributed by atoms with E-state index in [0.717, 1.165) is 31.8 Å². The van der Waals surface area contributed by atoms with Crippen LogP contribution in [0, 0.1) is 10.5 Å². The summed E-state index contributed by atoms with van der Waals surface area (Å²) in [5.41, 5.74) is 2.66. The van der Waals surface area contributed by atoms with E-state index in [-0.39, 0.29) is 6.04 Å². The number of nitrogens with one attached hydrogen (secondary N) is 1. The van der Waals surface area contributed by atoms with Gasteiger partial charge in [-0.1, -0.05) is 25.1 Å². The van der Waals surface area contributed by atoms with Crippen LogP contribution >= 0.6 is 22.6 Å². The number of benzene rings is 1. The fourth-order valence-corrected chi connectivity index (χ4v) is 2.85. The van der Waals surface area contributed by atoms with Gasteiger partial charge in [0.2, 0.25) is 0 Å². The van der Waals surface area contributed by atoms with E-state index in [9.17, 15) is 0 Å². The van der Waals surface area contributed by atoms with Crippen molar-refractivity contribution >= 4 is 22.6 Å². The first-order valence-electron chi connectivity index (χ1n) is 6.55. The third-order valence-corrected chi connectivity index (χ3v) is 4.62. The first kappa shape index (κ1) is 13.9. The monoisotopic (exact) mass is 357 g/mol. The molecule has 0 spiro atoms. The molecule has 0 aliphatic carbocycles. The largest absolute Gasteiger partial charge is 0.496 e. The molecular weight excluding hydrogens is 337 g/mol. The van der Waals surface area contributed by atoms with Crippen molar-refractivity contribution in [1.29, 1.82) is 0 Å². The maximum atomic E-state index is 5.76. The second-order valence-corrected chi connectivity index (χ2v) is 5.69. The molecule has 0 radical (unpaired) electrons. The minimum absolute atomic E-state index is 0.208. The van der Waals surface area contributed by atoms with Gasteiger partial charge in [-0.3, -0.25) is 0 Å². The Balaban J connectivity index is 2.30. The number of hydrogen-bond donors (Lipinski definition) is 1. The molecule has 1 aromatic rings. The first-order valence-corrected chi connectivity index (χ1v) is 7.63. The third-order valence-electron chi connectivity index (χ3n) is 3.15. The number of aryl methyl sites for hydroxylation is 1. The molecule has 1 aromatic carbocycles. The fourth-order valence-electron chi connectivity index (χ4n) is 2.18. The Hall–Kier alpha value is -0.550. The molecule has 2 rings (SSSR count). The second-order valence-electron chi connectivity index (χ2n) is 4.61. The molecule has 2 nitrogen and oxygen atoms in total. The lowest BCUT2D eigenvalue weighted by atomic mass is 10.0. The van der Waals surface area contributed by atoms with E-state index in [1.807, 2.05) is 0 Å².